The Bertz CT molecular complexity index is 613. The van der Waals surface area contributed by atoms with E-state index in [1.807, 2.05) is 13.8 Å². The van der Waals surface area contributed by atoms with Gasteiger partial charge in [-0.15, -0.1) is 0 Å². The van der Waals surface area contributed by atoms with Crippen LogP contribution in [0.5, 0.6) is 0 Å². The van der Waals surface area contributed by atoms with Crippen LogP contribution in [0.3, 0.4) is 0 Å². The van der Waals surface area contributed by atoms with Crippen LogP contribution in [0.2, 0.25) is 0 Å². The van der Waals surface area contributed by atoms with Crippen LogP contribution in [-0.4, -0.2) is 22.0 Å². The smallest absolute Gasteiger partial charge is 0.219 e. The maximum Gasteiger partial charge on any atom is 0.219 e. The van der Waals surface area contributed by atoms with Gasteiger partial charge in [0.1, 0.15) is 5.82 Å². The Morgan fingerprint density at radius 3 is 2.80 bits per heavy atom. The molecule has 1 aromatic carbocycles. The molecular weight excluding hydrogens is 250 g/mol. The van der Waals surface area contributed by atoms with E-state index in [9.17, 15) is 4.79 Å². The highest BCUT2D eigenvalue weighted by atomic mass is 16.1. The first-order valence-electron chi connectivity index (χ1n) is 7.27. The molecule has 0 fully saturated rings. The molecule has 0 aliphatic rings. The molecule has 20 heavy (non-hydrogen) atoms. The predicted molar refractivity (Wildman–Crippen MR) is 81.9 cm³/mol. The Labute approximate surface area is 120 Å². The van der Waals surface area contributed by atoms with Crippen molar-refractivity contribution in [1.29, 1.82) is 0 Å². The number of nitrogens with one attached hydrogen (secondary N) is 1. The molecule has 0 bridgehead atoms. The maximum absolute atomic E-state index is 11.2. The summed E-state index contributed by atoms with van der Waals surface area (Å²) in [7, 11) is 0. The number of imidazole rings is 1. The molecule has 0 unspecified atom stereocenters. The van der Waals surface area contributed by atoms with E-state index in [4.69, 9.17) is 0 Å². The molecule has 1 heterocycles. The minimum Gasteiger partial charge on any atom is -0.356 e. The number of benzene rings is 1. The molecule has 2 rings (SSSR count). The summed E-state index contributed by atoms with van der Waals surface area (Å²) < 4.78 is 2.25. The van der Waals surface area contributed by atoms with Gasteiger partial charge in [-0.3, -0.25) is 4.79 Å². The second-order valence-electron chi connectivity index (χ2n) is 5.40. The molecule has 4 heteroatoms. The van der Waals surface area contributed by atoms with Crippen LogP contribution in [0.4, 0.5) is 0 Å². The third-order valence-corrected chi connectivity index (χ3v) is 3.50. The molecule has 1 N–H and O–H groups in total. The fourth-order valence-corrected chi connectivity index (χ4v) is 2.54. The lowest BCUT2D eigenvalue weighted by molar-refractivity contribution is -0.120. The van der Waals surface area contributed by atoms with Crippen molar-refractivity contribution in [3.8, 4) is 0 Å². The fourth-order valence-electron chi connectivity index (χ4n) is 2.54. The lowest BCUT2D eigenvalue weighted by Gasteiger charge is -2.10. The second kappa shape index (κ2) is 6.07. The van der Waals surface area contributed by atoms with Gasteiger partial charge in [0.25, 0.3) is 0 Å². The number of amides is 1. The molecule has 0 saturated carbocycles. The summed E-state index contributed by atoms with van der Waals surface area (Å²) in [5.41, 5.74) is 3.43. The van der Waals surface area contributed by atoms with Crippen molar-refractivity contribution in [3.63, 3.8) is 0 Å². The monoisotopic (exact) mass is 273 g/mol. The zero-order valence-electron chi connectivity index (χ0n) is 12.7. The van der Waals surface area contributed by atoms with Crippen molar-refractivity contribution >= 4 is 16.9 Å². The number of hydrogen-bond donors (Lipinski definition) is 1. The molecule has 0 spiro atoms. The summed E-state index contributed by atoms with van der Waals surface area (Å²) in [4.78, 5) is 15.8. The summed E-state index contributed by atoms with van der Waals surface area (Å²) >= 11 is 0. The number of aromatic nitrogens is 2. The molecule has 0 atom stereocenters. The van der Waals surface area contributed by atoms with Gasteiger partial charge in [0.2, 0.25) is 5.91 Å². The number of carbonyl (C=O) groups is 1. The highest BCUT2D eigenvalue weighted by Crippen LogP contribution is 2.21. The summed E-state index contributed by atoms with van der Waals surface area (Å²) in [5, 5.41) is 2.90. The summed E-state index contributed by atoms with van der Waals surface area (Å²) in [6, 6.07) is 6.79. The second-order valence-corrected chi connectivity index (χ2v) is 5.40. The number of carbonyl (C=O) groups excluding carboxylic acids is 1. The van der Waals surface area contributed by atoms with Crippen molar-refractivity contribution in [3.05, 3.63) is 29.6 Å². The lowest BCUT2D eigenvalue weighted by atomic mass is 10.1. The van der Waals surface area contributed by atoms with Gasteiger partial charge in [-0.2, -0.15) is 0 Å². The lowest BCUT2D eigenvalue weighted by Crippen LogP contribution is -2.24. The van der Waals surface area contributed by atoms with Gasteiger partial charge < -0.3 is 9.88 Å². The quantitative estimate of drug-likeness (QED) is 0.910. The Morgan fingerprint density at radius 2 is 2.15 bits per heavy atom. The van der Waals surface area contributed by atoms with Crippen LogP contribution in [0, 0.1) is 6.92 Å². The molecule has 108 valence electrons. The van der Waals surface area contributed by atoms with Gasteiger partial charge in [0, 0.05) is 19.0 Å². The topological polar surface area (TPSA) is 46.9 Å². The Hall–Kier alpha value is -1.84. The van der Waals surface area contributed by atoms with E-state index in [1.165, 1.54) is 11.1 Å². The fraction of sp³-hybridized carbons (Fsp3) is 0.500. The summed E-state index contributed by atoms with van der Waals surface area (Å²) in [6.45, 7) is 8.93. The van der Waals surface area contributed by atoms with Gasteiger partial charge >= 0.3 is 0 Å². The van der Waals surface area contributed by atoms with Gasteiger partial charge in [-0.25, -0.2) is 4.98 Å². The standard InChI is InChI=1S/C16H23N3O/c1-5-16(20)17-9-8-13-6-7-15-14(10-13)18-12(4)19(15)11(2)3/h6-7,10-11H,5,8-9H2,1-4H3,(H,17,20). The molecule has 1 amide bonds. The van der Waals surface area contributed by atoms with Crippen LogP contribution >= 0.6 is 0 Å². The van der Waals surface area contributed by atoms with Crippen LogP contribution in [0.15, 0.2) is 18.2 Å². The van der Waals surface area contributed by atoms with Crippen molar-refractivity contribution in [2.24, 2.45) is 0 Å². The molecule has 2 aromatic rings. The Morgan fingerprint density at radius 1 is 1.40 bits per heavy atom. The number of nitrogens with zero attached hydrogens (tertiary/aromatic N) is 2. The summed E-state index contributed by atoms with van der Waals surface area (Å²) in [5.74, 6) is 1.15. The predicted octanol–water partition coefficient (Wildman–Crippen LogP) is 2.99. The number of rotatable bonds is 5. The van der Waals surface area contributed by atoms with Gasteiger partial charge in [-0.1, -0.05) is 13.0 Å². The molecule has 4 nitrogen and oxygen atoms in total. The molecule has 0 aliphatic heterocycles. The van der Waals surface area contributed by atoms with Crippen LogP contribution in [0.25, 0.3) is 11.0 Å². The van der Waals surface area contributed by atoms with E-state index in [-0.39, 0.29) is 5.91 Å². The Kier molecular flexibility index (Phi) is 4.42. The van der Waals surface area contributed by atoms with E-state index in [0.717, 1.165) is 17.8 Å². The van der Waals surface area contributed by atoms with E-state index < -0.39 is 0 Å². The van der Waals surface area contributed by atoms with Crippen LogP contribution in [-0.2, 0) is 11.2 Å². The van der Waals surface area contributed by atoms with Gasteiger partial charge in [0.15, 0.2) is 0 Å². The van der Waals surface area contributed by atoms with E-state index in [0.29, 0.717) is 19.0 Å². The zero-order valence-corrected chi connectivity index (χ0v) is 12.7. The first kappa shape index (κ1) is 14.6. The highest BCUT2D eigenvalue weighted by Gasteiger charge is 2.10. The van der Waals surface area contributed by atoms with Crippen LogP contribution < -0.4 is 5.32 Å². The van der Waals surface area contributed by atoms with Crippen molar-refractivity contribution in [1.82, 2.24) is 14.9 Å². The molecular formula is C16H23N3O. The number of aryl methyl sites for hydroxylation is 1. The third kappa shape index (κ3) is 3.00. The maximum atomic E-state index is 11.2. The van der Waals surface area contributed by atoms with Crippen molar-refractivity contribution < 1.29 is 4.79 Å². The molecule has 0 aliphatic carbocycles. The molecule has 0 saturated heterocycles. The minimum absolute atomic E-state index is 0.103. The minimum atomic E-state index is 0.103. The first-order chi connectivity index (χ1) is 9.52. The van der Waals surface area contributed by atoms with Gasteiger partial charge in [-0.05, 0) is 44.9 Å². The molecule has 0 radical (unpaired) electrons. The van der Waals surface area contributed by atoms with Gasteiger partial charge in [0.05, 0.1) is 11.0 Å². The zero-order chi connectivity index (χ0) is 14.7. The normalized spacial score (nSPS) is 11.2. The molecule has 1 aromatic heterocycles. The Balaban J connectivity index is 2.16. The number of hydrogen-bond acceptors (Lipinski definition) is 2. The first-order valence-corrected chi connectivity index (χ1v) is 7.27. The average molecular weight is 273 g/mol. The van der Waals surface area contributed by atoms with Crippen molar-refractivity contribution in [2.75, 3.05) is 6.54 Å². The highest BCUT2D eigenvalue weighted by molar-refractivity contribution is 5.77. The van der Waals surface area contributed by atoms with E-state index >= 15 is 0 Å². The third-order valence-electron chi connectivity index (χ3n) is 3.50. The average Bonchev–Trinajstić information content (AvgIpc) is 2.73. The van der Waals surface area contributed by atoms with E-state index in [2.05, 4.69) is 46.9 Å². The summed E-state index contributed by atoms with van der Waals surface area (Å²) in [6.07, 6.45) is 1.38. The largest absolute Gasteiger partial charge is 0.356 e. The van der Waals surface area contributed by atoms with Crippen molar-refractivity contribution in [2.45, 2.75) is 46.6 Å². The van der Waals surface area contributed by atoms with Crippen LogP contribution in [0.1, 0.15) is 44.6 Å². The number of fused-ring (bicyclic) bond motifs is 1. The van der Waals surface area contributed by atoms with E-state index in [1.54, 1.807) is 0 Å². The SMILES string of the molecule is CCC(=O)NCCc1ccc2c(c1)nc(C)n2C(C)C.